The third kappa shape index (κ3) is 11.0. The monoisotopic (exact) mass is 577 g/mol. The summed E-state index contributed by atoms with van der Waals surface area (Å²) in [6.07, 6.45) is 2.01. The molecular formula is C22H39N7O9S. The fraction of sp³-hybridized carbons (Fsp3) is 0.727. The van der Waals surface area contributed by atoms with E-state index in [4.69, 9.17) is 16.6 Å². The average Bonchev–Trinajstić information content (AvgIpc) is 3.42. The molecule has 0 unspecified atom stereocenters. The van der Waals surface area contributed by atoms with Gasteiger partial charge in [-0.25, -0.2) is 4.79 Å². The number of unbranched alkanes of at least 4 members (excludes halogenated alkanes) is 1. The molecule has 0 aromatic rings. The molecule has 1 rings (SSSR count). The molecule has 1 saturated heterocycles. The fourth-order valence-electron chi connectivity index (χ4n) is 3.80. The number of carboxylic acids is 1. The SMILES string of the molecule is NCCCC[C@H](NC(=O)[C@@H](N)CO)C(=O)NCC(=O)N[C@@H](CO)C(=O)N[C@@H](CS)C(=O)N1CCC[C@H]1C(=O)O. The molecule has 1 fully saturated rings. The summed E-state index contributed by atoms with van der Waals surface area (Å²) in [6.45, 7) is -1.51. The largest absolute Gasteiger partial charge is 0.480 e. The summed E-state index contributed by atoms with van der Waals surface area (Å²) in [7, 11) is 0. The second kappa shape index (κ2) is 17.6. The minimum Gasteiger partial charge on any atom is -0.480 e. The summed E-state index contributed by atoms with van der Waals surface area (Å²) < 4.78 is 0. The summed E-state index contributed by atoms with van der Waals surface area (Å²) in [4.78, 5) is 74.9. The van der Waals surface area contributed by atoms with Gasteiger partial charge in [-0.05, 0) is 38.6 Å². The number of carboxylic acid groups (broad SMARTS) is 1. The summed E-state index contributed by atoms with van der Waals surface area (Å²) in [5.74, 6) is -5.22. The molecule has 0 bridgehead atoms. The van der Waals surface area contributed by atoms with Gasteiger partial charge >= 0.3 is 5.97 Å². The van der Waals surface area contributed by atoms with E-state index in [0.29, 0.717) is 25.8 Å². The van der Waals surface area contributed by atoms with Gasteiger partial charge in [-0.15, -0.1) is 0 Å². The lowest BCUT2D eigenvalue weighted by atomic mass is 10.1. The number of aliphatic hydroxyl groups is 2. The molecule has 0 spiro atoms. The molecule has 1 aliphatic rings. The lowest BCUT2D eigenvalue weighted by molar-refractivity contribution is -0.149. The van der Waals surface area contributed by atoms with Crippen LogP contribution in [0.4, 0.5) is 0 Å². The highest BCUT2D eigenvalue weighted by Gasteiger charge is 2.38. The topological polar surface area (TPSA) is 267 Å². The van der Waals surface area contributed by atoms with Crippen LogP contribution in [0.3, 0.4) is 0 Å². The van der Waals surface area contributed by atoms with E-state index < -0.39 is 85.5 Å². The molecule has 17 heteroatoms. The van der Waals surface area contributed by atoms with Crippen molar-refractivity contribution in [3.8, 4) is 0 Å². The van der Waals surface area contributed by atoms with E-state index in [9.17, 15) is 39.0 Å². The molecule has 222 valence electrons. The number of carbonyl (C=O) groups is 6. The molecule has 11 N–H and O–H groups in total. The van der Waals surface area contributed by atoms with Crippen molar-refractivity contribution in [3.05, 3.63) is 0 Å². The maximum absolute atomic E-state index is 12.8. The fourth-order valence-corrected chi connectivity index (χ4v) is 4.05. The van der Waals surface area contributed by atoms with Crippen LogP contribution in [0.1, 0.15) is 32.1 Å². The number of nitrogens with two attached hydrogens (primary N) is 2. The van der Waals surface area contributed by atoms with Crippen LogP contribution < -0.4 is 32.7 Å². The van der Waals surface area contributed by atoms with E-state index in [2.05, 4.69) is 33.9 Å². The standard InChI is InChI=1S/C22H39N7O9S/c23-6-2-1-4-13(27-18(33)12(24)9-30)19(34)25-8-17(32)26-14(10-31)20(35)28-15(11-39)21(36)29-7-3-5-16(29)22(37)38/h12-16,30-31,39H,1-11,23-24H2,(H,25,34)(H,26,32)(H,27,33)(H,28,35)(H,37,38)/t12-,13-,14-,15-,16-/m0/s1. The molecule has 0 aliphatic carbocycles. The van der Waals surface area contributed by atoms with Gasteiger partial charge in [-0.3, -0.25) is 24.0 Å². The second-order valence-electron chi connectivity index (χ2n) is 8.93. The number of nitrogens with one attached hydrogen (secondary N) is 4. The molecule has 5 atom stereocenters. The van der Waals surface area contributed by atoms with E-state index in [1.54, 1.807) is 0 Å². The number of amides is 5. The first kappa shape index (κ1) is 34.0. The first-order valence-electron chi connectivity index (χ1n) is 12.5. The van der Waals surface area contributed by atoms with Crippen molar-refractivity contribution in [1.29, 1.82) is 0 Å². The van der Waals surface area contributed by atoms with E-state index >= 15 is 0 Å². The predicted molar refractivity (Wildman–Crippen MR) is 140 cm³/mol. The number of aliphatic hydroxyl groups excluding tert-OH is 2. The quantitative estimate of drug-likeness (QED) is 0.0577. The third-order valence-electron chi connectivity index (χ3n) is 5.99. The van der Waals surface area contributed by atoms with Crippen LogP contribution in [-0.2, 0) is 28.8 Å². The predicted octanol–water partition coefficient (Wildman–Crippen LogP) is -5.00. The van der Waals surface area contributed by atoms with Gasteiger partial charge in [0.1, 0.15) is 30.2 Å². The van der Waals surface area contributed by atoms with Gasteiger partial charge in [0.2, 0.25) is 29.5 Å². The van der Waals surface area contributed by atoms with E-state index in [-0.39, 0.29) is 25.1 Å². The molecule has 0 aromatic heterocycles. The minimum atomic E-state index is -1.49. The number of hydrogen-bond acceptors (Lipinski definition) is 11. The number of hydrogen-bond donors (Lipinski definition) is 10. The van der Waals surface area contributed by atoms with Gasteiger partial charge in [0.15, 0.2) is 0 Å². The van der Waals surface area contributed by atoms with Gasteiger partial charge in [0.05, 0.1) is 19.8 Å². The summed E-state index contributed by atoms with van der Waals surface area (Å²) in [5.41, 5.74) is 10.9. The number of thiol groups is 1. The van der Waals surface area contributed by atoms with Crippen LogP contribution in [-0.4, -0.2) is 125 Å². The smallest absolute Gasteiger partial charge is 0.326 e. The van der Waals surface area contributed by atoms with Crippen LogP contribution in [0, 0.1) is 0 Å². The van der Waals surface area contributed by atoms with Crippen molar-refractivity contribution in [2.75, 3.05) is 38.6 Å². The van der Waals surface area contributed by atoms with Crippen molar-refractivity contribution < 1.29 is 44.1 Å². The van der Waals surface area contributed by atoms with Crippen LogP contribution in [0.25, 0.3) is 0 Å². The number of rotatable bonds is 17. The highest BCUT2D eigenvalue weighted by Crippen LogP contribution is 2.18. The van der Waals surface area contributed by atoms with E-state index in [1.165, 1.54) is 0 Å². The molecule has 0 aromatic carbocycles. The first-order valence-corrected chi connectivity index (χ1v) is 13.1. The second-order valence-corrected chi connectivity index (χ2v) is 9.29. The third-order valence-corrected chi connectivity index (χ3v) is 6.35. The van der Waals surface area contributed by atoms with Crippen LogP contribution >= 0.6 is 12.6 Å². The highest BCUT2D eigenvalue weighted by molar-refractivity contribution is 7.80. The minimum absolute atomic E-state index is 0.160. The van der Waals surface area contributed by atoms with Crippen LogP contribution in [0.5, 0.6) is 0 Å². The zero-order valence-electron chi connectivity index (χ0n) is 21.5. The Balaban J connectivity index is 2.71. The summed E-state index contributed by atoms with van der Waals surface area (Å²) >= 11 is 4.05. The number of carbonyl (C=O) groups excluding carboxylic acids is 5. The molecular weight excluding hydrogens is 538 g/mol. The van der Waals surface area contributed by atoms with Crippen molar-refractivity contribution in [1.82, 2.24) is 26.2 Å². The number of aliphatic carboxylic acids is 1. The average molecular weight is 578 g/mol. The first-order chi connectivity index (χ1) is 18.5. The molecule has 39 heavy (non-hydrogen) atoms. The maximum atomic E-state index is 12.8. The van der Waals surface area contributed by atoms with Gasteiger partial charge in [-0.2, -0.15) is 12.6 Å². The van der Waals surface area contributed by atoms with Gasteiger partial charge in [0, 0.05) is 12.3 Å². The Morgan fingerprint density at radius 2 is 1.59 bits per heavy atom. The molecule has 1 aliphatic heterocycles. The number of nitrogens with zero attached hydrogens (tertiary/aromatic N) is 1. The van der Waals surface area contributed by atoms with Gasteiger partial charge in [-0.1, -0.05) is 0 Å². The van der Waals surface area contributed by atoms with Gasteiger partial charge in [0.25, 0.3) is 0 Å². The summed E-state index contributed by atoms with van der Waals surface area (Å²) in [6, 6.07) is -6.00. The molecule has 1 heterocycles. The lowest BCUT2D eigenvalue weighted by Gasteiger charge is -2.27. The maximum Gasteiger partial charge on any atom is 0.326 e. The Morgan fingerprint density at radius 3 is 2.15 bits per heavy atom. The van der Waals surface area contributed by atoms with E-state index in [0.717, 1.165) is 4.90 Å². The van der Waals surface area contributed by atoms with Gasteiger partial charge < -0.3 is 53.0 Å². The highest BCUT2D eigenvalue weighted by atomic mass is 32.1. The zero-order chi connectivity index (χ0) is 29.5. The van der Waals surface area contributed by atoms with Crippen LogP contribution in [0.15, 0.2) is 0 Å². The zero-order valence-corrected chi connectivity index (χ0v) is 22.4. The molecule has 0 radical (unpaired) electrons. The van der Waals surface area contributed by atoms with Crippen molar-refractivity contribution in [2.24, 2.45) is 11.5 Å². The Morgan fingerprint density at radius 1 is 0.923 bits per heavy atom. The van der Waals surface area contributed by atoms with Crippen molar-refractivity contribution in [3.63, 3.8) is 0 Å². The van der Waals surface area contributed by atoms with Crippen molar-refractivity contribution >= 4 is 48.1 Å². The Kier molecular flexibility index (Phi) is 15.3. The molecule has 0 saturated carbocycles. The molecule has 5 amide bonds. The number of likely N-dealkylation sites (tertiary alicyclic amines) is 1. The Labute approximate surface area is 231 Å². The van der Waals surface area contributed by atoms with E-state index in [1.807, 2.05) is 0 Å². The lowest BCUT2D eigenvalue weighted by Crippen LogP contribution is -2.58. The van der Waals surface area contributed by atoms with Crippen LogP contribution in [0.2, 0.25) is 0 Å². The normalized spacial score (nSPS) is 17.9. The Bertz CT molecular complexity index is 879. The Hall–Kier alpha value is -2.99. The van der Waals surface area contributed by atoms with Crippen molar-refractivity contribution in [2.45, 2.75) is 62.3 Å². The molecule has 16 nitrogen and oxygen atoms in total. The summed E-state index contributed by atoms with van der Waals surface area (Å²) in [5, 5.41) is 37.2.